The van der Waals surface area contributed by atoms with Gasteiger partial charge in [0.05, 0.1) is 6.10 Å². The van der Waals surface area contributed by atoms with E-state index in [-0.39, 0.29) is 0 Å². The molecule has 2 aromatic rings. The summed E-state index contributed by atoms with van der Waals surface area (Å²) < 4.78 is 1.88. The number of rotatable bonds is 6. The highest BCUT2D eigenvalue weighted by molar-refractivity contribution is 5.29. The van der Waals surface area contributed by atoms with Crippen molar-refractivity contribution in [2.45, 2.75) is 52.7 Å². The minimum atomic E-state index is -0.420. The van der Waals surface area contributed by atoms with Gasteiger partial charge < -0.3 is 5.11 Å². The second-order valence-corrected chi connectivity index (χ2v) is 5.46. The fourth-order valence-electron chi connectivity index (χ4n) is 2.59. The lowest BCUT2D eigenvalue weighted by Crippen LogP contribution is -2.18. The summed E-state index contributed by atoms with van der Waals surface area (Å²) in [5.41, 5.74) is 3.65. The van der Waals surface area contributed by atoms with E-state index < -0.39 is 6.10 Å². The van der Waals surface area contributed by atoms with Gasteiger partial charge in [0.1, 0.15) is 12.2 Å². The first kappa shape index (κ1) is 14.7. The molecular weight excluding hydrogens is 250 g/mol. The van der Waals surface area contributed by atoms with E-state index in [9.17, 15) is 5.11 Å². The van der Waals surface area contributed by atoms with Crippen LogP contribution < -0.4 is 0 Å². The molecule has 0 saturated carbocycles. The van der Waals surface area contributed by atoms with E-state index in [0.29, 0.717) is 12.8 Å². The molecule has 2 rings (SSSR count). The van der Waals surface area contributed by atoms with Crippen molar-refractivity contribution in [2.75, 3.05) is 0 Å². The molecule has 0 saturated heterocycles. The fourth-order valence-corrected chi connectivity index (χ4v) is 2.59. The topological polar surface area (TPSA) is 50.9 Å². The van der Waals surface area contributed by atoms with Crippen LogP contribution in [-0.4, -0.2) is 26.0 Å². The molecule has 20 heavy (non-hydrogen) atoms. The Bertz CT molecular complexity index is 542. The number of nitrogens with zero attached hydrogens (tertiary/aromatic N) is 3. The summed E-state index contributed by atoms with van der Waals surface area (Å²) in [6, 6.07) is 6.41. The number of aromatic nitrogens is 3. The quantitative estimate of drug-likeness (QED) is 0.879. The van der Waals surface area contributed by atoms with Gasteiger partial charge in [-0.25, -0.2) is 4.98 Å². The second kappa shape index (κ2) is 6.66. The van der Waals surface area contributed by atoms with E-state index in [1.165, 1.54) is 16.7 Å². The molecule has 1 unspecified atom stereocenters. The third kappa shape index (κ3) is 3.90. The zero-order chi connectivity index (χ0) is 14.5. The maximum atomic E-state index is 10.3. The summed E-state index contributed by atoms with van der Waals surface area (Å²) in [6.45, 7) is 7.13. The van der Waals surface area contributed by atoms with Crippen molar-refractivity contribution in [3.63, 3.8) is 0 Å². The van der Waals surface area contributed by atoms with Crippen molar-refractivity contribution in [2.24, 2.45) is 0 Å². The molecule has 0 aliphatic heterocycles. The van der Waals surface area contributed by atoms with Crippen molar-refractivity contribution >= 4 is 0 Å². The van der Waals surface area contributed by atoms with Crippen LogP contribution in [-0.2, 0) is 19.4 Å². The molecule has 0 amide bonds. The predicted molar refractivity (Wildman–Crippen MR) is 79.6 cm³/mol. The van der Waals surface area contributed by atoms with Crippen LogP contribution in [0.5, 0.6) is 0 Å². The van der Waals surface area contributed by atoms with E-state index in [0.717, 1.165) is 18.8 Å². The maximum Gasteiger partial charge on any atom is 0.138 e. The predicted octanol–water partition coefficient (Wildman–Crippen LogP) is 2.45. The zero-order valence-corrected chi connectivity index (χ0v) is 12.5. The van der Waals surface area contributed by atoms with Gasteiger partial charge in [0, 0.05) is 13.0 Å². The molecular formula is C16H23N3O. The summed E-state index contributed by atoms with van der Waals surface area (Å²) in [4.78, 5) is 4.24. The van der Waals surface area contributed by atoms with Gasteiger partial charge in [0.15, 0.2) is 0 Å². The SMILES string of the molecule is CCCn1ncnc1CC(O)Cc1cc(C)cc(C)c1. The van der Waals surface area contributed by atoms with Crippen molar-refractivity contribution in [3.8, 4) is 0 Å². The number of aliphatic hydroxyl groups excluding tert-OH is 1. The smallest absolute Gasteiger partial charge is 0.138 e. The molecule has 4 heteroatoms. The van der Waals surface area contributed by atoms with Crippen LogP contribution in [0.25, 0.3) is 0 Å². The molecule has 0 bridgehead atoms. The number of aryl methyl sites for hydroxylation is 3. The van der Waals surface area contributed by atoms with Crippen LogP contribution in [0.4, 0.5) is 0 Å². The first-order valence-corrected chi connectivity index (χ1v) is 7.20. The highest BCUT2D eigenvalue weighted by Crippen LogP contribution is 2.12. The van der Waals surface area contributed by atoms with Crippen molar-refractivity contribution in [3.05, 3.63) is 47.0 Å². The first-order chi connectivity index (χ1) is 9.58. The molecule has 0 aliphatic carbocycles. The standard InChI is InChI=1S/C16H23N3O/c1-4-5-19-16(17-11-18-19)10-15(20)9-14-7-12(2)6-13(3)8-14/h6-8,11,15,20H,4-5,9-10H2,1-3H3. The lowest BCUT2D eigenvalue weighted by Gasteiger charge is -2.12. The molecule has 1 atom stereocenters. The summed E-state index contributed by atoms with van der Waals surface area (Å²) in [7, 11) is 0. The Kier molecular flexibility index (Phi) is 4.90. The van der Waals surface area contributed by atoms with Gasteiger partial charge in [0.2, 0.25) is 0 Å². The summed E-state index contributed by atoms with van der Waals surface area (Å²) >= 11 is 0. The number of hydrogen-bond acceptors (Lipinski definition) is 3. The monoisotopic (exact) mass is 273 g/mol. The highest BCUT2D eigenvalue weighted by atomic mass is 16.3. The van der Waals surface area contributed by atoms with E-state index in [4.69, 9.17) is 0 Å². The van der Waals surface area contributed by atoms with Crippen LogP contribution in [0.1, 0.15) is 35.9 Å². The molecule has 0 spiro atoms. The van der Waals surface area contributed by atoms with Gasteiger partial charge in [-0.2, -0.15) is 5.10 Å². The minimum Gasteiger partial charge on any atom is -0.392 e. The van der Waals surface area contributed by atoms with Gasteiger partial charge >= 0.3 is 0 Å². The van der Waals surface area contributed by atoms with E-state index >= 15 is 0 Å². The minimum absolute atomic E-state index is 0.420. The Morgan fingerprint density at radius 1 is 1.15 bits per heavy atom. The average Bonchev–Trinajstić information content (AvgIpc) is 2.75. The summed E-state index contributed by atoms with van der Waals surface area (Å²) in [6.07, 6.45) is 3.36. The molecule has 1 aromatic heterocycles. The molecule has 0 fully saturated rings. The third-order valence-electron chi connectivity index (χ3n) is 3.30. The van der Waals surface area contributed by atoms with E-state index in [1.807, 2.05) is 4.68 Å². The van der Waals surface area contributed by atoms with Crippen LogP contribution in [0, 0.1) is 13.8 Å². The average molecular weight is 273 g/mol. The Balaban J connectivity index is 2.01. The van der Waals surface area contributed by atoms with Crippen LogP contribution >= 0.6 is 0 Å². The molecule has 108 valence electrons. The number of aliphatic hydroxyl groups is 1. The number of benzene rings is 1. The fraction of sp³-hybridized carbons (Fsp3) is 0.500. The highest BCUT2D eigenvalue weighted by Gasteiger charge is 2.12. The van der Waals surface area contributed by atoms with Crippen LogP contribution in [0.2, 0.25) is 0 Å². The Morgan fingerprint density at radius 3 is 2.50 bits per heavy atom. The Hall–Kier alpha value is -1.68. The largest absolute Gasteiger partial charge is 0.392 e. The van der Waals surface area contributed by atoms with Gasteiger partial charge in [0.25, 0.3) is 0 Å². The summed E-state index contributed by atoms with van der Waals surface area (Å²) in [5.74, 6) is 0.865. The Morgan fingerprint density at radius 2 is 1.85 bits per heavy atom. The molecule has 1 heterocycles. The van der Waals surface area contributed by atoms with E-state index in [1.54, 1.807) is 6.33 Å². The van der Waals surface area contributed by atoms with Crippen molar-refractivity contribution in [1.29, 1.82) is 0 Å². The lowest BCUT2D eigenvalue weighted by molar-refractivity contribution is 0.171. The zero-order valence-electron chi connectivity index (χ0n) is 12.5. The van der Waals surface area contributed by atoms with Gasteiger partial charge in [-0.1, -0.05) is 36.2 Å². The van der Waals surface area contributed by atoms with Crippen LogP contribution in [0.15, 0.2) is 24.5 Å². The molecule has 1 aromatic carbocycles. The second-order valence-electron chi connectivity index (χ2n) is 5.46. The van der Waals surface area contributed by atoms with Gasteiger partial charge in [-0.3, -0.25) is 4.68 Å². The lowest BCUT2D eigenvalue weighted by atomic mass is 10.0. The normalized spacial score (nSPS) is 12.6. The molecule has 1 N–H and O–H groups in total. The Labute approximate surface area is 120 Å². The molecule has 4 nitrogen and oxygen atoms in total. The maximum absolute atomic E-state index is 10.3. The molecule has 0 radical (unpaired) electrons. The summed E-state index contributed by atoms with van der Waals surface area (Å²) in [5, 5.41) is 14.5. The van der Waals surface area contributed by atoms with Gasteiger partial charge in [-0.05, 0) is 32.3 Å². The third-order valence-corrected chi connectivity index (χ3v) is 3.30. The van der Waals surface area contributed by atoms with Crippen molar-refractivity contribution in [1.82, 2.24) is 14.8 Å². The number of hydrogen-bond donors (Lipinski definition) is 1. The van der Waals surface area contributed by atoms with Crippen molar-refractivity contribution < 1.29 is 5.11 Å². The van der Waals surface area contributed by atoms with Crippen LogP contribution in [0.3, 0.4) is 0 Å². The first-order valence-electron chi connectivity index (χ1n) is 7.20. The van der Waals surface area contributed by atoms with Gasteiger partial charge in [-0.15, -0.1) is 0 Å². The van der Waals surface area contributed by atoms with E-state index in [2.05, 4.69) is 49.1 Å². The molecule has 0 aliphatic rings.